The van der Waals surface area contributed by atoms with E-state index in [4.69, 9.17) is 9.52 Å². The molecule has 1 aliphatic heterocycles. The first-order valence-electron chi connectivity index (χ1n) is 6.56. The SMILES string of the molecule is Cc1oc(C(C)C)cc1C(=O)N1CCCC1C(=O)O. The topological polar surface area (TPSA) is 70.8 Å². The van der Waals surface area contributed by atoms with Crippen molar-refractivity contribution in [1.29, 1.82) is 0 Å². The number of carboxylic acid groups (broad SMARTS) is 1. The largest absolute Gasteiger partial charge is 0.480 e. The number of hydrogen-bond acceptors (Lipinski definition) is 3. The molecule has 5 heteroatoms. The van der Waals surface area contributed by atoms with Gasteiger partial charge in [0.25, 0.3) is 5.91 Å². The van der Waals surface area contributed by atoms with Gasteiger partial charge in [0, 0.05) is 12.5 Å². The lowest BCUT2D eigenvalue weighted by molar-refractivity contribution is -0.141. The van der Waals surface area contributed by atoms with E-state index in [1.54, 1.807) is 13.0 Å². The van der Waals surface area contributed by atoms with Crippen LogP contribution in [0, 0.1) is 6.92 Å². The average molecular weight is 265 g/mol. The minimum atomic E-state index is -0.934. The summed E-state index contributed by atoms with van der Waals surface area (Å²) in [5.41, 5.74) is 0.483. The van der Waals surface area contributed by atoms with E-state index in [1.807, 2.05) is 13.8 Å². The molecule has 1 aromatic heterocycles. The number of carbonyl (C=O) groups excluding carboxylic acids is 1. The van der Waals surface area contributed by atoms with Crippen LogP contribution in [0.3, 0.4) is 0 Å². The zero-order valence-electron chi connectivity index (χ0n) is 11.5. The van der Waals surface area contributed by atoms with Gasteiger partial charge in [0.15, 0.2) is 0 Å². The normalized spacial score (nSPS) is 19.2. The smallest absolute Gasteiger partial charge is 0.326 e. The van der Waals surface area contributed by atoms with Crippen LogP contribution < -0.4 is 0 Å². The fourth-order valence-electron chi connectivity index (χ4n) is 2.42. The first kappa shape index (κ1) is 13.6. The number of nitrogens with zero attached hydrogens (tertiary/aromatic N) is 1. The van der Waals surface area contributed by atoms with Gasteiger partial charge in [0.2, 0.25) is 0 Å². The van der Waals surface area contributed by atoms with Crippen molar-refractivity contribution in [2.24, 2.45) is 0 Å². The summed E-state index contributed by atoms with van der Waals surface area (Å²) in [5, 5.41) is 9.12. The standard InChI is InChI=1S/C14H19NO4/c1-8(2)12-7-10(9(3)19-12)13(16)15-6-4-5-11(15)14(17)18/h7-8,11H,4-6H2,1-3H3,(H,17,18). The van der Waals surface area contributed by atoms with Crippen LogP contribution in [0.15, 0.2) is 10.5 Å². The Morgan fingerprint density at radius 2 is 2.16 bits per heavy atom. The van der Waals surface area contributed by atoms with E-state index >= 15 is 0 Å². The molecule has 2 heterocycles. The molecule has 1 unspecified atom stereocenters. The zero-order chi connectivity index (χ0) is 14.2. The van der Waals surface area contributed by atoms with Crippen molar-refractivity contribution in [3.05, 3.63) is 23.2 Å². The Morgan fingerprint density at radius 1 is 1.47 bits per heavy atom. The molecular formula is C14H19NO4. The van der Waals surface area contributed by atoms with E-state index in [9.17, 15) is 9.59 Å². The van der Waals surface area contributed by atoms with E-state index in [2.05, 4.69) is 0 Å². The van der Waals surface area contributed by atoms with E-state index in [0.29, 0.717) is 24.3 Å². The molecule has 2 rings (SSSR count). The number of rotatable bonds is 3. The number of aryl methyl sites for hydroxylation is 1. The molecule has 1 aromatic rings. The third-order valence-corrected chi connectivity index (χ3v) is 3.54. The van der Waals surface area contributed by atoms with E-state index in [-0.39, 0.29) is 11.8 Å². The Hall–Kier alpha value is -1.78. The molecule has 0 spiro atoms. The molecule has 1 saturated heterocycles. The fraction of sp³-hybridized carbons (Fsp3) is 0.571. The first-order chi connectivity index (χ1) is 8.91. The van der Waals surface area contributed by atoms with Crippen LogP contribution in [0.1, 0.15) is 54.5 Å². The van der Waals surface area contributed by atoms with Gasteiger partial charge >= 0.3 is 5.97 Å². The number of furan rings is 1. The van der Waals surface area contributed by atoms with Gasteiger partial charge in [-0.25, -0.2) is 4.79 Å². The Morgan fingerprint density at radius 3 is 2.68 bits per heavy atom. The lowest BCUT2D eigenvalue weighted by Crippen LogP contribution is -2.40. The molecule has 19 heavy (non-hydrogen) atoms. The van der Waals surface area contributed by atoms with Crippen LogP contribution in [0.25, 0.3) is 0 Å². The summed E-state index contributed by atoms with van der Waals surface area (Å²) in [5.74, 6) is 0.347. The third-order valence-electron chi connectivity index (χ3n) is 3.54. The Balaban J connectivity index is 2.26. The molecule has 1 N–H and O–H groups in total. The number of likely N-dealkylation sites (tertiary alicyclic amines) is 1. The van der Waals surface area contributed by atoms with Gasteiger partial charge < -0.3 is 14.4 Å². The summed E-state index contributed by atoms with van der Waals surface area (Å²) in [7, 11) is 0. The Kier molecular flexibility index (Phi) is 3.64. The molecular weight excluding hydrogens is 246 g/mol. The number of hydrogen-bond donors (Lipinski definition) is 1. The lowest BCUT2D eigenvalue weighted by atomic mass is 10.1. The van der Waals surface area contributed by atoms with Crippen molar-refractivity contribution in [3.8, 4) is 0 Å². The van der Waals surface area contributed by atoms with Crippen LogP contribution in [0.4, 0.5) is 0 Å². The van der Waals surface area contributed by atoms with Crippen molar-refractivity contribution < 1.29 is 19.1 Å². The summed E-state index contributed by atoms with van der Waals surface area (Å²) in [6, 6.07) is 1.03. The quantitative estimate of drug-likeness (QED) is 0.911. The summed E-state index contributed by atoms with van der Waals surface area (Å²) in [4.78, 5) is 25.0. The van der Waals surface area contributed by atoms with Gasteiger partial charge in [-0.3, -0.25) is 4.79 Å². The van der Waals surface area contributed by atoms with Crippen molar-refractivity contribution >= 4 is 11.9 Å². The van der Waals surface area contributed by atoms with Crippen LogP contribution >= 0.6 is 0 Å². The van der Waals surface area contributed by atoms with Gasteiger partial charge in [-0.2, -0.15) is 0 Å². The van der Waals surface area contributed by atoms with Crippen LogP contribution in [-0.4, -0.2) is 34.5 Å². The highest BCUT2D eigenvalue weighted by Crippen LogP contribution is 2.26. The molecule has 0 radical (unpaired) electrons. The molecule has 1 aliphatic rings. The fourth-order valence-corrected chi connectivity index (χ4v) is 2.42. The van der Waals surface area contributed by atoms with Gasteiger partial charge in [0.1, 0.15) is 17.6 Å². The second kappa shape index (κ2) is 5.07. The molecule has 104 valence electrons. The number of carbonyl (C=O) groups is 2. The summed E-state index contributed by atoms with van der Waals surface area (Å²) in [6.07, 6.45) is 1.26. The number of aliphatic carboxylic acids is 1. The van der Waals surface area contributed by atoms with Gasteiger partial charge in [-0.05, 0) is 25.8 Å². The van der Waals surface area contributed by atoms with Crippen molar-refractivity contribution in [2.45, 2.75) is 45.6 Å². The molecule has 0 saturated carbocycles. The molecule has 0 aliphatic carbocycles. The highest BCUT2D eigenvalue weighted by Gasteiger charge is 2.35. The van der Waals surface area contributed by atoms with E-state index < -0.39 is 12.0 Å². The monoisotopic (exact) mass is 265 g/mol. The number of amides is 1. The maximum atomic E-state index is 12.4. The van der Waals surface area contributed by atoms with Crippen molar-refractivity contribution in [1.82, 2.24) is 4.90 Å². The Labute approximate surface area is 112 Å². The van der Waals surface area contributed by atoms with Crippen LogP contribution in [0.2, 0.25) is 0 Å². The van der Waals surface area contributed by atoms with Crippen molar-refractivity contribution in [3.63, 3.8) is 0 Å². The maximum absolute atomic E-state index is 12.4. The minimum Gasteiger partial charge on any atom is -0.480 e. The van der Waals surface area contributed by atoms with Crippen LogP contribution in [0.5, 0.6) is 0 Å². The Bertz CT molecular complexity index is 504. The predicted molar refractivity (Wildman–Crippen MR) is 69.2 cm³/mol. The summed E-state index contributed by atoms with van der Waals surface area (Å²) in [6.45, 7) is 6.22. The van der Waals surface area contributed by atoms with Crippen LogP contribution in [-0.2, 0) is 4.79 Å². The third kappa shape index (κ3) is 2.50. The highest BCUT2D eigenvalue weighted by molar-refractivity contribution is 5.97. The first-order valence-corrected chi connectivity index (χ1v) is 6.56. The predicted octanol–water partition coefficient (Wildman–Crippen LogP) is 2.40. The molecule has 0 aromatic carbocycles. The average Bonchev–Trinajstić information content (AvgIpc) is 2.93. The van der Waals surface area contributed by atoms with Gasteiger partial charge in [0.05, 0.1) is 5.56 Å². The molecule has 1 fully saturated rings. The second-order valence-corrected chi connectivity index (χ2v) is 5.27. The molecule has 5 nitrogen and oxygen atoms in total. The zero-order valence-corrected chi connectivity index (χ0v) is 11.5. The summed E-state index contributed by atoms with van der Waals surface area (Å²) >= 11 is 0. The molecule has 1 atom stereocenters. The summed E-state index contributed by atoms with van der Waals surface area (Å²) < 4.78 is 5.56. The highest BCUT2D eigenvalue weighted by atomic mass is 16.4. The minimum absolute atomic E-state index is 0.203. The van der Waals surface area contributed by atoms with E-state index in [0.717, 1.165) is 12.2 Å². The number of carboxylic acids is 1. The molecule has 0 bridgehead atoms. The van der Waals surface area contributed by atoms with Gasteiger partial charge in [-0.1, -0.05) is 13.8 Å². The van der Waals surface area contributed by atoms with Crippen molar-refractivity contribution in [2.75, 3.05) is 6.54 Å². The maximum Gasteiger partial charge on any atom is 0.326 e. The lowest BCUT2D eigenvalue weighted by Gasteiger charge is -2.20. The second-order valence-electron chi connectivity index (χ2n) is 5.27. The van der Waals surface area contributed by atoms with Gasteiger partial charge in [-0.15, -0.1) is 0 Å². The van der Waals surface area contributed by atoms with E-state index in [1.165, 1.54) is 4.90 Å². The molecule has 1 amide bonds.